The molecule has 0 aliphatic carbocycles. The largest absolute Gasteiger partial charge is 0.494 e. The lowest BCUT2D eigenvalue weighted by Crippen LogP contribution is -2.20. The highest BCUT2D eigenvalue weighted by atomic mass is 79.9. The van der Waals surface area contributed by atoms with Crippen molar-refractivity contribution >= 4 is 38.5 Å². The van der Waals surface area contributed by atoms with Crippen molar-refractivity contribution in [2.45, 2.75) is 6.92 Å². The van der Waals surface area contributed by atoms with E-state index in [-0.39, 0.29) is 5.56 Å². The van der Waals surface area contributed by atoms with E-state index in [0.29, 0.717) is 29.0 Å². The first-order valence-corrected chi connectivity index (χ1v) is 8.14. The van der Waals surface area contributed by atoms with Gasteiger partial charge in [-0.2, -0.15) is 0 Å². The molecule has 0 unspecified atom stereocenters. The lowest BCUT2D eigenvalue weighted by Gasteiger charge is -2.07. The number of halogens is 1. The maximum absolute atomic E-state index is 12.4. The zero-order chi connectivity index (χ0) is 17.1. The first kappa shape index (κ1) is 16.3. The zero-order valence-corrected chi connectivity index (χ0v) is 14.4. The van der Waals surface area contributed by atoms with E-state index in [1.165, 1.54) is 6.07 Å². The van der Waals surface area contributed by atoms with E-state index < -0.39 is 11.5 Å². The number of ether oxygens (including phenoxy) is 1. The number of benzene rings is 2. The number of carbonyl (C=O) groups is 1. The summed E-state index contributed by atoms with van der Waals surface area (Å²) in [7, 11) is 0. The van der Waals surface area contributed by atoms with E-state index in [2.05, 4.69) is 21.2 Å². The molecule has 1 N–H and O–H groups in total. The molecule has 0 radical (unpaired) electrons. The quantitative estimate of drug-likeness (QED) is 0.680. The molecule has 3 aromatic rings. The Morgan fingerprint density at radius 3 is 2.62 bits per heavy atom. The fourth-order valence-corrected chi connectivity index (χ4v) is 2.63. The van der Waals surface area contributed by atoms with Crippen molar-refractivity contribution in [3.8, 4) is 5.75 Å². The first-order chi connectivity index (χ1) is 11.6. The molecule has 0 atom stereocenters. The van der Waals surface area contributed by atoms with Gasteiger partial charge in [0.1, 0.15) is 16.9 Å². The second-order valence-corrected chi connectivity index (χ2v) is 5.96. The van der Waals surface area contributed by atoms with E-state index in [1.54, 1.807) is 42.5 Å². The predicted molar refractivity (Wildman–Crippen MR) is 95.7 cm³/mol. The topological polar surface area (TPSA) is 68.5 Å². The van der Waals surface area contributed by atoms with Gasteiger partial charge in [-0.15, -0.1) is 0 Å². The Balaban J connectivity index is 1.87. The van der Waals surface area contributed by atoms with E-state index in [9.17, 15) is 9.59 Å². The van der Waals surface area contributed by atoms with Gasteiger partial charge in [0.05, 0.1) is 6.61 Å². The van der Waals surface area contributed by atoms with E-state index in [4.69, 9.17) is 9.15 Å². The molecule has 0 aliphatic rings. The average Bonchev–Trinajstić information content (AvgIpc) is 2.56. The number of hydrogen-bond acceptors (Lipinski definition) is 4. The number of hydrogen-bond donors (Lipinski definition) is 1. The molecule has 24 heavy (non-hydrogen) atoms. The van der Waals surface area contributed by atoms with E-state index in [1.807, 2.05) is 6.92 Å². The molecule has 0 bridgehead atoms. The van der Waals surface area contributed by atoms with Gasteiger partial charge in [-0.25, -0.2) is 4.79 Å². The van der Waals surface area contributed by atoms with Crippen molar-refractivity contribution in [2.75, 3.05) is 11.9 Å². The Morgan fingerprint density at radius 1 is 1.17 bits per heavy atom. The van der Waals surface area contributed by atoms with Gasteiger partial charge in [-0.1, -0.05) is 15.9 Å². The van der Waals surface area contributed by atoms with Gasteiger partial charge in [0.15, 0.2) is 0 Å². The maximum atomic E-state index is 12.4. The molecule has 1 heterocycles. The Bertz CT molecular complexity index is 947. The molecule has 0 saturated heterocycles. The number of nitrogens with one attached hydrogen (secondary N) is 1. The van der Waals surface area contributed by atoms with Crippen LogP contribution in [0.15, 0.2) is 62.2 Å². The van der Waals surface area contributed by atoms with Crippen LogP contribution < -0.4 is 15.7 Å². The third-order valence-electron chi connectivity index (χ3n) is 3.36. The number of rotatable bonds is 4. The molecule has 122 valence electrons. The standard InChI is InChI=1S/C18H14BrNO4/c1-2-23-14-6-4-13(5-7-14)20-17(21)15-10-11-9-12(19)3-8-16(11)24-18(15)22/h3-10H,2H2,1H3,(H,20,21). The van der Waals surface area contributed by atoms with Crippen molar-refractivity contribution in [3.63, 3.8) is 0 Å². The zero-order valence-electron chi connectivity index (χ0n) is 12.8. The van der Waals surface area contributed by atoms with Gasteiger partial charge in [-0.3, -0.25) is 4.79 Å². The van der Waals surface area contributed by atoms with Gasteiger partial charge in [-0.05, 0) is 55.5 Å². The van der Waals surface area contributed by atoms with Gasteiger partial charge in [0.25, 0.3) is 5.91 Å². The Kier molecular flexibility index (Phi) is 4.66. The summed E-state index contributed by atoms with van der Waals surface area (Å²) in [5, 5.41) is 3.35. The third kappa shape index (κ3) is 3.49. The summed E-state index contributed by atoms with van der Waals surface area (Å²) in [6, 6.07) is 13.7. The van der Waals surface area contributed by atoms with Crippen LogP contribution in [0.4, 0.5) is 5.69 Å². The van der Waals surface area contributed by atoms with Crippen LogP contribution in [0, 0.1) is 0 Å². The fraction of sp³-hybridized carbons (Fsp3) is 0.111. The van der Waals surface area contributed by atoms with Crippen molar-refractivity contribution in [2.24, 2.45) is 0 Å². The van der Waals surface area contributed by atoms with Gasteiger partial charge in [0.2, 0.25) is 0 Å². The van der Waals surface area contributed by atoms with Crippen LogP contribution in [0.5, 0.6) is 5.75 Å². The SMILES string of the molecule is CCOc1ccc(NC(=O)c2cc3cc(Br)ccc3oc2=O)cc1. The molecule has 0 saturated carbocycles. The van der Waals surface area contributed by atoms with Gasteiger partial charge in [0, 0.05) is 15.5 Å². The molecule has 0 aliphatic heterocycles. The summed E-state index contributed by atoms with van der Waals surface area (Å²) < 4.78 is 11.4. The number of fused-ring (bicyclic) bond motifs is 1. The maximum Gasteiger partial charge on any atom is 0.349 e. The van der Waals surface area contributed by atoms with Crippen LogP contribution in [0.2, 0.25) is 0 Å². The van der Waals surface area contributed by atoms with Crippen LogP contribution in [-0.2, 0) is 0 Å². The van der Waals surface area contributed by atoms with Crippen LogP contribution in [0.3, 0.4) is 0 Å². The molecular weight excluding hydrogens is 374 g/mol. The number of carbonyl (C=O) groups excluding carboxylic acids is 1. The van der Waals surface area contributed by atoms with E-state index >= 15 is 0 Å². The highest BCUT2D eigenvalue weighted by Gasteiger charge is 2.14. The molecule has 1 aromatic heterocycles. The van der Waals surface area contributed by atoms with Crippen molar-refractivity contribution < 1.29 is 13.9 Å². The first-order valence-electron chi connectivity index (χ1n) is 7.34. The van der Waals surface area contributed by atoms with E-state index in [0.717, 1.165) is 4.47 Å². The summed E-state index contributed by atoms with van der Waals surface area (Å²) in [5.74, 6) is 0.195. The predicted octanol–water partition coefficient (Wildman–Crippen LogP) is 4.21. The lowest BCUT2D eigenvalue weighted by atomic mass is 10.1. The minimum absolute atomic E-state index is 0.0468. The summed E-state index contributed by atoms with van der Waals surface area (Å²) in [6.45, 7) is 2.46. The molecule has 5 nitrogen and oxygen atoms in total. The van der Waals surface area contributed by atoms with Gasteiger partial charge < -0.3 is 14.5 Å². The number of amides is 1. The second-order valence-electron chi connectivity index (χ2n) is 5.04. The second kappa shape index (κ2) is 6.88. The number of anilines is 1. The van der Waals surface area contributed by atoms with Crippen molar-refractivity contribution in [1.82, 2.24) is 0 Å². The molecule has 2 aromatic carbocycles. The summed E-state index contributed by atoms with van der Waals surface area (Å²) in [4.78, 5) is 24.4. The monoisotopic (exact) mass is 387 g/mol. The van der Waals surface area contributed by atoms with Crippen LogP contribution in [0.25, 0.3) is 11.0 Å². The molecule has 1 amide bonds. The summed E-state index contributed by atoms with van der Waals surface area (Å²) >= 11 is 3.35. The molecule has 0 spiro atoms. The van der Waals surface area contributed by atoms with Crippen LogP contribution >= 0.6 is 15.9 Å². The minimum Gasteiger partial charge on any atom is -0.494 e. The summed E-state index contributed by atoms with van der Waals surface area (Å²) in [6.07, 6.45) is 0. The summed E-state index contributed by atoms with van der Waals surface area (Å²) in [5.41, 5.74) is 0.278. The molecule has 0 fully saturated rings. The highest BCUT2D eigenvalue weighted by molar-refractivity contribution is 9.10. The molecule has 3 rings (SSSR count). The van der Waals surface area contributed by atoms with Crippen LogP contribution in [-0.4, -0.2) is 12.5 Å². The normalized spacial score (nSPS) is 10.6. The highest BCUT2D eigenvalue weighted by Crippen LogP contribution is 2.20. The third-order valence-corrected chi connectivity index (χ3v) is 3.86. The average molecular weight is 388 g/mol. The lowest BCUT2D eigenvalue weighted by molar-refractivity contribution is 0.102. The smallest absolute Gasteiger partial charge is 0.349 e. The molecule has 6 heteroatoms. The fourth-order valence-electron chi connectivity index (χ4n) is 2.25. The van der Waals surface area contributed by atoms with Crippen LogP contribution in [0.1, 0.15) is 17.3 Å². The van der Waals surface area contributed by atoms with Crippen molar-refractivity contribution in [3.05, 3.63) is 69.0 Å². The Labute approximate surface area is 146 Å². The Morgan fingerprint density at radius 2 is 1.92 bits per heavy atom. The minimum atomic E-state index is -0.673. The molecular formula is C18H14BrNO4. The van der Waals surface area contributed by atoms with Crippen molar-refractivity contribution in [1.29, 1.82) is 0 Å². The Hall–Kier alpha value is -2.60. The van der Waals surface area contributed by atoms with Gasteiger partial charge >= 0.3 is 5.63 Å².